The molecule has 0 N–H and O–H groups in total. The van der Waals surface area contributed by atoms with E-state index < -0.39 is 8.07 Å². The summed E-state index contributed by atoms with van der Waals surface area (Å²) in [5.74, 6) is 0. The second kappa shape index (κ2) is 7.26. The predicted molar refractivity (Wildman–Crippen MR) is 146 cm³/mol. The van der Waals surface area contributed by atoms with Gasteiger partial charge < -0.3 is 0 Å². The molecule has 0 saturated carbocycles. The van der Waals surface area contributed by atoms with Gasteiger partial charge >= 0.3 is 0 Å². The molecule has 0 aliphatic rings. The Hall–Kier alpha value is -2.49. The van der Waals surface area contributed by atoms with Crippen molar-refractivity contribution in [2.24, 2.45) is 0 Å². The maximum atomic E-state index is 8.73. The fourth-order valence-electron chi connectivity index (χ4n) is 4.85. The molecule has 1 nitrogen and oxygen atoms in total. The molecule has 5 rings (SSSR count). The van der Waals surface area contributed by atoms with Crippen LogP contribution in [0.15, 0.2) is 60.7 Å². The van der Waals surface area contributed by atoms with E-state index in [1.54, 1.807) is 11.3 Å². The summed E-state index contributed by atoms with van der Waals surface area (Å²) in [6, 6.07) is 17.6. The number of rotatable bonds is 2. The first kappa shape index (κ1) is 19.0. The highest BCUT2D eigenvalue weighted by Gasteiger charge is 2.23. The molecule has 2 aromatic heterocycles. The third kappa shape index (κ3) is 3.39. The van der Waals surface area contributed by atoms with Gasteiger partial charge in [-0.15, -0.1) is 11.3 Å². The Labute approximate surface area is 199 Å². The molecule has 0 fully saturated rings. The van der Waals surface area contributed by atoms with E-state index in [0.717, 1.165) is 26.7 Å². The number of nitrogens with zero attached hydrogens (tertiary/aromatic N) is 1. The standard InChI is InChI=1S/C29H31NSSi/c1-18-25(32(5,6)7)13-12-22-23-14-15-30-26(28(23)31-27(18)22)20-16-19-10-8-9-11-21(19)24(17-20)29(2,3)4/h8-17H,1-7H3/i14D,15D. The molecular formula is C29H31NSSi. The third-order valence-corrected chi connectivity index (χ3v) is 9.91. The number of hydrogen-bond acceptors (Lipinski definition) is 2. The van der Waals surface area contributed by atoms with Crippen LogP contribution in [-0.2, 0) is 5.41 Å². The van der Waals surface area contributed by atoms with Crippen molar-refractivity contribution in [2.45, 2.75) is 52.8 Å². The van der Waals surface area contributed by atoms with Gasteiger partial charge in [-0.2, -0.15) is 0 Å². The summed E-state index contributed by atoms with van der Waals surface area (Å²) < 4.78 is 19.5. The number of fused-ring (bicyclic) bond motifs is 4. The van der Waals surface area contributed by atoms with Crippen LogP contribution in [0, 0.1) is 6.92 Å². The Kier molecular flexibility index (Phi) is 4.31. The average Bonchev–Trinajstić information content (AvgIpc) is 3.15. The molecule has 0 spiro atoms. The summed E-state index contributed by atoms with van der Waals surface area (Å²) >= 11 is 1.74. The normalized spacial score (nSPS) is 13.7. The SMILES string of the molecule is [2H]c1nc(-c2cc(C(C)(C)C)c3ccccc3c2)c2sc3c(C)c([Si](C)(C)C)ccc3c2c1[2H]. The van der Waals surface area contributed by atoms with E-state index in [0.29, 0.717) is 0 Å². The quantitative estimate of drug-likeness (QED) is 0.243. The smallest absolute Gasteiger partial charge is 0.0880 e. The van der Waals surface area contributed by atoms with Crippen LogP contribution in [0.25, 0.3) is 42.2 Å². The zero-order valence-electron chi connectivity index (χ0n) is 22.0. The highest BCUT2D eigenvalue weighted by molar-refractivity contribution is 7.26. The first-order valence-electron chi connectivity index (χ1n) is 12.2. The van der Waals surface area contributed by atoms with Gasteiger partial charge in [-0.1, -0.05) is 82.0 Å². The number of pyridine rings is 1. The van der Waals surface area contributed by atoms with Crippen molar-refractivity contribution in [1.82, 2.24) is 4.98 Å². The van der Waals surface area contributed by atoms with E-state index in [4.69, 9.17) is 7.73 Å². The van der Waals surface area contributed by atoms with Crippen LogP contribution < -0.4 is 5.19 Å². The molecule has 0 radical (unpaired) electrons. The maximum absolute atomic E-state index is 8.73. The lowest BCUT2D eigenvalue weighted by molar-refractivity contribution is 0.596. The van der Waals surface area contributed by atoms with Crippen molar-refractivity contribution in [2.75, 3.05) is 0 Å². The molecule has 0 atom stereocenters. The van der Waals surface area contributed by atoms with Crippen molar-refractivity contribution < 1.29 is 2.74 Å². The molecule has 0 bridgehead atoms. The van der Waals surface area contributed by atoms with Gasteiger partial charge in [0.1, 0.15) is 0 Å². The summed E-state index contributed by atoms with van der Waals surface area (Å²) in [5.41, 5.74) is 4.41. The Morgan fingerprint density at radius 1 is 0.906 bits per heavy atom. The minimum Gasteiger partial charge on any atom is -0.255 e. The van der Waals surface area contributed by atoms with E-state index in [-0.39, 0.29) is 17.6 Å². The number of aryl methyl sites for hydroxylation is 1. The highest BCUT2D eigenvalue weighted by atomic mass is 32.1. The molecule has 0 saturated heterocycles. The Morgan fingerprint density at radius 3 is 2.38 bits per heavy atom. The molecule has 2 heterocycles. The van der Waals surface area contributed by atoms with Gasteiger partial charge in [0.05, 0.1) is 21.2 Å². The molecule has 32 heavy (non-hydrogen) atoms. The van der Waals surface area contributed by atoms with Gasteiger partial charge in [0, 0.05) is 27.2 Å². The van der Waals surface area contributed by atoms with Gasteiger partial charge in [0.2, 0.25) is 0 Å². The minimum atomic E-state index is -1.50. The molecular weight excluding hydrogens is 422 g/mol. The van der Waals surface area contributed by atoms with Crippen molar-refractivity contribution in [3.63, 3.8) is 0 Å². The van der Waals surface area contributed by atoms with E-state index >= 15 is 0 Å². The summed E-state index contributed by atoms with van der Waals surface area (Å²) in [7, 11) is -1.50. The van der Waals surface area contributed by atoms with Gasteiger partial charge in [-0.25, -0.2) is 0 Å². The van der Waals surface area contributed by atoms with Crippen LogP contribution >= 0.6 is 11.3 Å². The van der Waals surface area contributed by atoms with E-state index in [9.17, 15) is 0 Å². The summed E-state index contributed by atoms with van der Waals surface area (Å²) in [5, 5.41) is 5.84. The Bertz CT molecular complexity index is 1600. The lowest BCUT2D eigenvalue weighted by Crippen LogP contribution is -2.39. The molecule has 0 aliphatic heterocycles. The van der Waals surface area contributed by atoms with E-state index in [1.807, 2.05) is 0 Å². The van der Waals surface area contributed by atoms with Crippen molar-refractivity contribution >= 4 is 55.5 Å². The first-order chi connectivity index (χ1) is 15.9. The fraction of sp³-hybridized carbons (Fsp3) is 0.276. The fourth-order valence-corrected chi connectivity index (χ4v) is 8.05. The van der Waals surface area contributed by atoms with Gasteiger partial charge in [0.15, 0.2) is 0 Å². The van der Waals surface area contributed by atoms with Crippen LogP contribution in [0.4, 0.5) is 0 Å². The van der Waals surface area contributed by atoms with E-state index in [2.05, 4.69) is 95.9 Å². The van der Waals surface area contributed by atoms with E-state index in [1.165, 1.54) is 31.8 Å². The number of thiophene rings is 1. The lowest BCUT2D eigenvalue weighted by atomic mass is 9.82. The number of benzene rings is 3. The topological polar surface area (TPSA) is 12.9 Å². The van der Waals surface area contributed by atoms with Crippen LogP contribution in [0.3, 0.4) is 0 Å². The van der Waals surface area contributed by atoms with Crippen LogP contribution in [0.2, 0.25) is 19.6 Å². The summed E-state index contributed by atoms with van der Waals surface area (Å²) in [6.45, 7) is 16.1. The molecule has 3 heteroatoms. The van der Waals surface area contributed by atoms with Crippen LogP contribution in [0.5, 0.6) is 0 Å². The minimum absolute atomic E-state index is 0.0309. The second-order valence-corrected chi connectivity index (χ2v) is 16.9. The molecule has 0 aliphatic carbocycles. The third-order valence-electron chi connectivity index (χ3n) is 6.42. The summed E-state index contributed by atoms with van der Waals surface area (Å²) in [6.07, 6.45) is 0.0413. The van der Waals surface area contributed by atoms with Crippen LogP contribution in [-0.4, -0.2) is 13.1 Å². The second-order valence-electron chi connectivity index (χ2n) is 10.9. The van der Waals surface area contributed by atoms with Crippen molar-refractivity contribution in [3.05, 3.63) is 71.9 Å². The Balaban J connectivity index is 1.90. The molecule has 162 valence electrons. The number of aromatic nitrogens is 1. The van der Waals surface area contributed by atoms with Gasteiger partial charge in [-0.05, 0) is 52.4 Å². The van der Waals surface area contributed by atoms with Gasteiger partial charge in [0.25, 0.3) is 0 Å². The zero-order chi connectivity index (χ0) is 24.6. The monoisotopic (exact) mass is 455 g/mol. The maximum Gasteiger partial charge on any atom is 0.0880 e. The Morgan fingerprint density at radius 2 is 1.66 bits per heavy atom. The molecule has 0 unspecified atom stereocenters. The zero-order valence-corrected chi connectivity index (χ0v) is 21.8. The van der Waals surface area contributed by atoms with Crippen molar-refractivity contribution in [1.29, 1.82) is 0 Å². The average molecular weight is 456 g/mol. The predicted octanol–water partition coefficient (Wildman–Crippen LogP) is 8.42. The first-order valence-corrected chi connectivity index (χ1v) is 15.6. The largest absolute Gasteiger partial charge is 0.255 e. The molecule has 5 aromatic rings. The van der Waals surface area contributed by atoms with Gasteiger partial charge in [-0.3, -0.25) is 4.98 Å². The molecule has 3 aromatic carbocycles. The van der Waals surface area contributed by atoms with Crippen molar-refractivity contribution in [3.8, 4) is 11.3 Å². The summed E-state index contributed by atoms with van der Waals surface area (Å²) in [4.78, 5) is 4.70. The van der Waals surface area contributed by atoms with Crippen LogP contribution in [0.1, 0.15) is 34.6 Å². The highest BCUT2D eigenvalue weighted by Crippen LogP contribution is 2.42. The number of hydrogen-bond donors (Lipinski definition) is 0. The lowest BCUT2D eigenvalue weighted by Gasteiger charge is -2.22. The molecule has 0 amide bonds.